The first kappa shape index (κ1) is 28.3. The molecule has 5 rings (SSSR count). The highest BCUT2D eigenvalue weighted by atomic mass is 32.2. The van der Waals surface area contributed by atoms with Crippen LogP contribution < -0.4 is 4.74 Å². The Morgan fingerprint density at radius 1 is 0.975 bits per heavy atom. The van der Waals surface area contributed by atoms with E-state index in [4.69, 9.17) is 9.47 Å². The van der Waals surface area contributed by atoms with E-state index in [0.717, 1.165) is 32.4 Å². The number of methoxy groups -OCH3 is 1. The molecule has 1 unspecified atom stereocenters. The molecular weight excluding hydrogens is 534 g/mol. The lowest BCUT2D eigenvalue weighted by atomic mass is 9.95. The fourth-order valence-electron chi connectivity index (χ4n) is 5.53. The van der Waals surface area contributed by atoms with E-state index in [-0.39, 0.29) is 22.6 Å². The van der Waals surface area contributed by atoms with E-state index in [1.165, 1.54) is 21.3 Å². The van der Waals surface area contributed by atoms with E-state index in [2.05, 4.69) is 4.90 Å². The van der Waals surface area contributed by atoms with Crippen LogP contribution in [-0.2, 0) is 24.3 Å². The van der Waals surface area contributed by atoms with Gasteiger partial charge in [0.25, 0.3) is 11.7 Å². The number of ether oxygens (including phenoxy) is 2. The molecule has 3 fully saturated rings. The van der Waals surface area contributed by atoms with Gasteiger partial charge in [-0.3, -0.25) is 14.5 Å². The molecule has 10 nitrogen and oxygen atoms in total. The number of aliphatic hydroxyl groups excluding tert-OH is 1. The number of likely N-dealkylation sites (tertiary alicyclic amines) is 1. The lowest BCUT2D eigenvalue weighted by molar-refractivity contribution is -0.140. The van der Waals surface area contributed by atoms with Crippen molar-refractivity contribution >= 4 is 27.5 Å². The SMILES string of the molecule is COc1ccc(C2/C(=C(/O)c3cccc(S(=O)(=O)N4CCCCC4)c3)C(=O)C(=O)N2CCN2CCOCC2)cc1. The number of carbonyl (C=O) groups is 2. The van der Waals surface area contributed by atoms with E-state index >= 15 is 0 Å². The van der Waals surface area contributed by atoms with Crippen molar-refractivity contribution in [2.45, 2.75) is 30.2 Å². The molecule has 40 heavy (non-hydrogen) atoms. The Kier molecular flexibility index (Phi) is 8.55. The first-order valence-electron chi connectivity index (χ1n) is 13.6. The number of piperidine rings is 1. The molecule has 0 radical (unpaired) electrons. The number of aliphatic hydroxyl groups is 1. The van der Waals surface area contributed by atoms with E-state index in [1.807, 2.05) is 0 Å². The summed E-state index contributed by atoms with van der Waals surface area (Å²) in [6.45, 7) is 4.40. The fourth-order valence-corrected chi connectivity index (χ4v) is 7.09. The predicted octanol–water partition coefficient (Wildman–Crippen LogP) is 2.62. The van der Waals surface area contributed by atoms with E-state index < -0.39 is 33.5 Å². The number of amides is 1. The zero-order valence-electron chi connectivity index (χ0n) is 22.6. The lowest BCUT2D eigenvalue weighted by Gasteiger charge is -2.31. The maximum atomic E-state index is 13.4. The second kappa shape index (κ2) is 12.1. The van der Waals surface area contributed by atoms with Crippen molar-refractivity contribution in [3.8, 4) is 5.75 Å². The first-order valence-corrected chi connectivity index (χ1v) is 15.1. The van der Waals surface area contributed by atoms with E-state index in [0.29, 0.717) is 44.2 Å². The highest BCUT2D eigenvalue weighted by Crippen LogP contribution is 2.40. The molecule has 214 valence electrons. The van der Waals surface area contributed by atoms with Gasteiger partial charge < -0.3 is 19.5 Å². The summed E-state index contributed by atoms with van der Waals surface area (Å²) in [4.78, 5) is 30.4. The smallest absolute Gasteiger partial charge is 0.295 e. The highest BCUT2D eigenvalue weighted by molar-refractivity contribution is 7.89. The second-order valence-corrected chi connectivity index (χ2v) is 12.2. The summed E-state index contributed by atoms with van der Waals surface area (Å²) in [5, 5.41) is 11.5. The average Bonchev–Trinajstić information content (AvgIpc) is 3.25. The number of carbonyl (C=O) groups excluding carboxylic acids is 2. The molecule has 3 aliphatic rings. The first-order chi connectivity index (χ1) is 19.3. The third-order valence-corrected chi connectivity index (χ3v) is 9.69. The summed E-state index contributed by atoms with van der Waals surface area (Å²) in [6.07, 6.45) is 2.59. The van der Waals surface area contributed by atoms with Crippen LogP contribution in [0.1, 0.15) is 36.4 Å². The molecule has 3 heterocycles. The lowest BCUT2D eigenvalue weighted by Crippen LogP contribution is -2.42. The molecule has 0 aromatic heterocycles. The van der Waals surface area contributed by atoms with Crippen LogP contribution in [-0.4, -0.2) is 98.9 Å². The summed E-state index contributed by atoms with van der Waals surface area (Å²) in [5.74, 6) is -1.29. The van der Waals surface area contributed by atoms with Gasteiger partial charge in [0.05, 0.1) is 36.8 Å². The van der Waals surface area contributed by atoms with Gasteiger partial charge in [0.1, 0.15) is 11.5 Å². The highest BCUT2D eigenvalue weighted by Gasteiger charge is 2.46. The number of Topliss-reactive ketones (excluding diaryl/α,β-unsaturated/α-hetero) is 1. The summed E-state index contributed by atoms with van der Waals surface area (Å²) in [5.41, 5.74) is 0.744. The normalized spacial score (nSPS) is 22.5. The minimum atomic E-state index is -3.76. The largest absolute Gasteiger partial charge is 0.507 e. The van der Waals surface area contributed by atoms with Crippen LogP contribution in [0.5, 0.6) is 5.75 Å². The fraction of sp³-hybridized carbons (Fsp3) is 0.448. The summed E-state index contributed by atoms with van der Waals surface area (Å²) in [7, 11) is -2.21. The minimum Gasteiger partial charge on any atom is -0.507 e. The van der Waals surface area contributed by atoms with Crippen LogP contribution in [0, 0.1) is 0 Å². The molecule has 11 heteroatoms. The Morgan fingerprint density at radius 3 is 2.35 bits per heavy atom. The van der Waals surface area contributed by atoms with Crippen LogP contribution >= 0.6 is 0 Å². The Morgan fingerprint density at radius 2 is 1.68 bits per heavy atom. The molecule has 1 amide bonds. The number of hydrogen-bond donors (Lipinski definition) is 1. The Labute approximate surface area is 234 Å². The molecule has 3 saturated heterocycles. The van der Waals surface area contributed by atoms with Gasteiger partial charge in [-0.15, -0.1) is 0 Å². The number of nitrogens with zero attached hydrogens (tertiary/aromatic N) is 3. The van der Waals surface area contributed by atoms with Gasteiger partial charge in [-0.05, 0) is 42.7 Å². The van der Waals surface area contributed by atoms with Crippen molar-refractivity contribution < 1.29 is 32.6 Å². The van der Waals surface area contributed by atoms with Gasteiger partial charge in [0.15, 0.2) is 0 Å². The van der Waals surface area contributed by atoms with E-state index in [9.17, 15) is 23.1 Å². The number of morpholine rings is 1. The Hall–Kier alpha value is -3.25. The number of benzene rings is 2. The summed E-state index contributed by atoms with van der Waals surface area (Å²) in [6, 6.07) is 12.1. The summed E-state index contributed by atoms with van der Waals surface area (Å²) >= 11 is 0. The minimum absolute atomic E-state index is 0.0426. The number of sulfonamides is 1. The predicted molar refractivity (Wildman–Crippen MR) is 148 cm³/mol. The second-order valence-electron chi connectivity index (χ2n) is 10.2. The Bertz CT molecular complexity index is 1380. The van der Waals surface area contributed by atoms with Crippen LogP contribution in [0.3, 0.4) is 0 Å². The third kappa shape index (κ3) is 5.64. The zero-order valence-corrected chi connectivity index (χ0v) is 23.4. The quantitative estimate of drug-likeness (QED) is 0.293. The van der Waals surface area contributed by atoms with Crippen LogP contribution in [0.15, 0.2) is 59.0 Å². The molecular formula is C29H35N3O7S. The zero-order chi connectivity index (χ0) is 28.3. The van der Waals surface area contributed by atoms with Crippen molar-refractivity contribution in [1.82, 2.24) is 14.1 Å². The number of rotatable bonds is 8. The molecule has 0 saturated carbocycles. The number of hydrogen-bond acceptors (Lipinski definition) is 8. The van der Waals surface area contributed by atoms with Crippen LogP contribution in [0.25, 0.3) is 5.76 Å². The molecule has 0 bridgehead atoms. The van der Waals surface area contributed by atoms with Crippen LogP contribution in [0.2, 0.25) is 0 Å². The molecule has 2 aromatic rings. The van der Waals surface area contributed by atoms with Gasteiger partial charge in [-0.1, -0.05) is 30.7 Å². The third-order valence-electron chi connectivity index (χ3n) is 7.79. The summed E-state index contributed by atoms with van der Waals surface area (Å²) < 4.78 is 38.8. The van der Waals surface area contributed by atoms with Gasteiger partial charge in [0.2, 0.25) is 10.0 Å². The van der Waals surface area contributed by atoms with Crippen molar-refractivity contribution in [2.75, 3.05) is 59.6 Å². The van der Waals surface area contributed by atoms with Crippen molar-refractivity contribution in [2.24, 2.45) is 0 Å². The van der Waals surface area contributed by atoms with Crippen LogP contribution in [0.4, 0.5) is 0 Å². The van der Waals surface area contributed by atoms with Crippen molar-refractivity contribution in [3.05, 3.63) is 65.2 Å². The maximum absolute atomic E-state index is 13.4. The molecule has 2 aromatic carbocycles. The standard InChI is InChI=1S/C29H35N3O7S/c1-38-23-10-8-21(9-11-23)26-25(28(34)29(35)32(26)15-14-30-16-18-39-19-17-30)27(33)22-6-5-7-24(20-22)40(36,37)31-12-3-2-4-13-31/h5-11,20,26,33H,2-4,12-19H2,1H3/b27-25-. The molecule has 3 aliphatic heterocycles. The van der Waals surface area contributed by atoms with Gasteiger partial charge in [-0.25, -0.2) is 8.42 Å². The molecule has 0 spiro atoms. The van der Waals surface area contributed by atoms with Crippen molar-refractivity contribution in [1.29, 1.82) is 0 Å². The molecule has 1 N–H and O–H groups in total. The number of ketones is 1. The topological polar surface area (TPSA) is 117 Å². The van der Waals surface area contributed by atoms with Gasteiger partial charge in [-0.2, -0.15) is 4.31 Å². The molecule has 1 atom stereocenters. The van der Waals surface area contributed by atoms with E-state index in [1.54, 1.807) is 43.5 Å². The molecule has 0 aliphatic carbocycles. The average molecular weight is 570 g/mol. The Balaban J connectivity index is 1.53. The monoisotopic (exact) mass is 569 g/mol. The van der Waals surface area contributed by atoms with Crippen molar-refractivity contribution in [3.63, 3.8) is 0 Å². The van der Waals surface area contributed by atoms with Gasteiger partial charge in [0, 0.05) is 44.8 Å². The van der Waals surface area contributed by atoms with Gasteiger partial charge >= 0.3 is 0 Å². The maximum Gasteiger partial charge on any atom is 0.295 e.